The number of carbonyl (C=O) groups is 1. The highest BCUT2D eigenvalue weighted by molar-refractivity contribution is 7.09. The average Bonchev–Trinajstić information content (AvgIpc) is 3.09. The fourth-order valence-corrected chi connectivity index (χ4v) is 2.80. The molecule has 0 saturated heterocycles. The van der Waals surface area contributed by atoms with Crippen molar-refractivity contribution >= 4 is 17.4 Å². The van der Waals surface area contributed by atoms with Crippen LogP contribution < -0.4 is 10.6 Å². The van der Waals surface area contributed by atoms with Gasteiger partial charge >= 0.3 is 6.03 Å². The Morgan fingerprint density at radius 1 is 1.48 bits per heavy atom. The quantitative estimate of drug-likeness (QED) is 0.770. The summed E-state index contributed by atoms with van der Waals surface area (Å²) in [5, 5.41) is 8.93. The Labute approximate surface area is 128 Å². The van der Waals surface area contributed by atoms with Crippen LogP contribution in [0.5, 0.6) is 0 Å². The van der Waals surface area contributed by atoms with Crippen LogP contribution in [-0.4, -0.2) is 17.6 Å². The summed E-state index contributed by atoms with van der Waals surface area (Å²) in [6.07, 6.45) is 4.55. The monoisotopic (exact) mass is 307 g/mol. The van der Waals surface area contributed by atoms with Crippen molar-refractivity contribution in [1.82, 2.24) is 15.6 Å². The second-order valence-electron chi connectivity index (χ2n) is 4.98. The Bertz CT molecular complexity index is 551. The molecule has 1 atom stereocenters. The number of aryl methyl sites for hydroxylation is 2. The van der Waals surface area contributed by atoms with Crippen molar-refractivity contribution in [1.29, 1.82) is 0 Å². The number of nitrogens with one attached hydrogen (secondary N) is 2. The highest BCUT2D eigenvalue weighted by atomic mass is 32.1. The summed E-state index contributed by atoms with van der Waals surface area (Å²) in [4.78, 5) is 16.1. The summed E-state index contributed by atoms with van der Waals surface area (Å²) in [5.74, 6) is 0.754. The van der Waals surface area contributed by atoms with Gasteiger partial charge in [-0.2, -0.15) is 0 Å². The minimum Gasteiger partial charge on any atom is -0.467 e. The zero-order chi connectivity index (χ0) is 15.1. The smallest absolute Gasteiger partial charge is 0.315 e. The summed E-state index contributed by atoms with van der Waals surface area (Å²) in [7, 11) is 0. The number of amides is 2. The molecule has 2 aromatic rings. The molecule has 2 heterocycles. The standard InChI is InChI=1S/C15H21N3O2S/c1-11-10-21-14(17-11)7-3-4-8-16-15(19)18-12(2)13-6-5-9-20-13/h5-6,9-10,12H,3-4,7-8H2,1-2H3,(H2,16,18,19). The number of urea groups is 1. The van der Waals surface area contributed by atoms with Crippen LogP contribution in [-0.2, 0) is 6.42 Å². The molecule has 0 aliphatic carbocycles. The number of nitrogens with zero attached hydrogens (tertiary/aromatic N) is 1. The van der Waals surface area contributed by atoms with E-state index < -0.39 is 0 Å². The average molecular weight is 307 g/mol. The van der Waals surface area contributed by atoms with Crippen molar-refractivity contribution in [3.63, 3.8) is 0 Å². The molecule has 2 rings (SSSR count). The topological polar surface area (TPSA) is 67.2 Å². The maximum atomic E-state index is 11.7. The lowest BCUT2D eigenvalue weighted by Crippen LogP contribution is -2.37. The van der Waals surface area contributed by atoms with Crippen LogP contribution in [0.1, 0.15) is 42.3 Å². The molecule has 2 amide bonds. The molecule has 21 heavy (non-hydrogen) atoms. The van der Waals surface area contributed by atoms with Crippen LogP contribution >= 0.6 is 11.3 Å². The van der Waals surface area contributed by atoms with Gasteiger partial charge in [0, 0.05) is 17.6 Å². The minimum atomic E-state index is -0.163. The van der Waals surface area contributed by atoms with Gasteiger partial charge in [-0.1, -0.05) is 0 Å². The molecular formula is C15H21N3O2S. The number of furan rings is 1. The first kappa shape index (κ1) is 15.6. The lowest BCUT2D eigenvalue weighted by Gasteiger charge is -2.12. The van der Waals surface area contributed by atoms with Gasteiger partial charge in [0.1, 0.15) is 5.76 Å². The molecule has 0 aromatic carbocycles. The number of rotatable bonds is 7. The second kappa shape index (κ2) is 7.83. The molecule has 114 valence electrons. The van der Waals surface area contributed by atoms with Gasteiger partial charge in [0.25, 0.3) is 0 Å². The van der Waals surface area contributed by atoms with Gasteiger partial charge in [0.15, 0.2) is 0 Å². The van der Waals surface area contributed by atoms with Crippen molar-refractivity contribution < 1.29 is 9.21 Å². The number of hydrogen-bond donors (Lipinski definition) is 2. The first-order valence-electron chi connectivity index (χ1n) is 7.14. The Morgan fingerprint density at radius 3 is 3.00 bits per heavy atom. The van der Waals surface area contributed by atoms with Crippen LogP contribution in [0.15, 0.2) is 28.2 Å². The maximum absolute atomic E-state index is 11.7. The molecule has 0 aliphatic heterocycles. The summed E-state index contributed by atoms with van der Waals surface area (Å²) in [5.41, 5.74) is 1.08. The van der Waals surface area contributed by atoms with E-state index in [1.54, 1.807) is 17.6 Å². The SMILES string of the molecule is Cc1csc(CCCCNC(=O)NC(C)c2ccco2)n1. The van der Waals surface area contributed by atoms with Crippen molar-refractivity contribution in [2.45, 2.75) is 39.2 Å². The van der Waals surface area contributed by atoms with Crippen molar-refractivity contribution in [3.8, 4) is 0 Å². The van der Waals surface area contributed by atoms with Gasteiger partial charge < -0.3 is 15.1 Å². The number of aromatic nitrogens is 1. The number of carbonyl (C=O) groups excluding carboxylic acids is 1. The highest BCUT2D eigenvalue weighted by Crippen LogP contribution is 2.12. The highest BCUT2D eigenvalue weighted by Gasteiger charge is 2.10. The van der Waals surface area contributed by atoms with Crippen molar-refractivity contribution in [3.05, 3.63) is 40.2 Å². The first-order valence-corrected chi connectivity index (χ1v) is 8.02. The van der Waals surface area contributed by atoms with Crippen LogP contribution in [0.4, 0.5) is 4.79 Å². The number of hydrogen-bond acceptors (Lipinski definition) is 4. The van der Waals surface area contributed by atoms with Gasteiger partial charge in [-0.3, -0.25) is 0 Å². The van der Waals surface area contributed by atoms with Gasteiger partial charge in [-0.25, -0.2) is 9.78 Å². The third kappa shape index (κ3) is 5.23. The zero-order valence-corrected chi connectivity index (χ0v) is 13.2. The van der Waals surface area contributed by atoms with Crippen molar-refractivity contribution in [2.24, 2.45) is 0 Å². The van der Waals surface area contributed by atoms with Crippen LogP contribution in [0, 0.1) is 6.92 Å². The van der Waals surface area contributed by atoms with E-state index in [1.165, 1.54) is 5.01 Å². The summed E-state index contributed by atoms with van der Waals surface area (Å²) >= 11 is 1.70. The minimum absolute atomic E-state index is 0.127. The van der Waals surface area contributed by atoms with E-state index in [9.17, 15) is 4.79 Å². The molecule has 0 aliphatic rings. The fraction of sp³-hybridized carbons (Fsp3) is 0.467. The Kier molecular flexibility index (Phi) is 5.80. The molecule has 0 saturated carbocycles. The van der Waals surface area contributed by atoms with Crippen molar-refractivity contribution in [2.75, 3.05) is 6.54 Å². The van der Waals surface area contributed by atoms with E-state index in [1.807, 2.05) is 26.0 Å². The van der Waals surface area contributed by atoms with Gasteiger partial charge in [0.05, 0.1) is 17.3 Å². The molecule has 1 unspecified atom stereocenters. The molecule has 5 nitrogen and oxygen atoms in total. The molecule has 0 radical (unpaired) electrons. The number of thiazole rings is 1. The fourth-order valence-electron chi connectivity index (χ4n) is 1.98. The summed E-state index contributed by atoms with van der Waals surface area (Å²) in [6.45, 7) is 4.57. The second-order valence-corrected chi connectivity index (χ2v) is 5.92. The van der Waals surface area contributed by atoms with E-state index in [4.69, 9.17) is 4.42 Å². The van der Waals surface area contributed by atoms with E-state index in [0.29, 0.717) is 6.54 Å². The number of unbranched alkanes of at least 4 members (excludes halogenated alkanes) is 1. The van der Waals surface area contributed by atoms with Gasteiger partial charge in [-0.05, 0) is 45.2 Å². The van der Waals surface area contributed by atoms with E-state index in [-0.39, 0.29) is 12.1 Å². The molecule has 0 bridgehead atoms. The largest absolute Gasteiger partial charge is 0.467 e. The third-order valence-corrected chi connectivity index (χ3v) is 4.11. The third-order valence-electron chi connectivity index (χ3n) is 3.09. The normalized spacial score (nSPS) is 12.1. The molecule has 2 N–H and O–H groups in total. The first-order chi connectivity index (χ1) is 10.1. The molecule has 2 aromatic heterocycles. The lowest BCUT2D eigenvalue weighted by atomic mass is 10.2. The van der Waals surface area contributed by atoms with Crippen LogP contribution in [0.25, 0.3) is 0 Å². The predicted octanol–water partition coefficient (Wildman–Crippen LogP) is 3.43. The Balaban J connectivity index is 1.57. The van der Waals surface area contributed by atoms with E-state index >= 15 is 0 Å². The van der Waals surface area contributed by atoms with Gasteiger partial charge in [-0.15, -0.1) is 11.3 Å². The Morgan fingerprint density at radius 2 is 2.33 bits per heavy atom. The molecule has 0 spiro atoms. The maximum Gasteiger partial charge on any atom is 0.315 e. The predicted molar refractivity (Wildman–Crippen MR) is 83.4 cm³/mol. The van der Waals surface area contributed by atoms with Crippen LogP contribution in [0.2, 0.25) is 0 Å². The van der Waals surface area contributed by atoms with E-state index in [2.05, 4.69) is 21.0 Å². The molecule has 0 fully saturated rings. The molecule has 6 heteroatoms. The summed E-state index contributed by atoms with van der Waals surface area (Å²) in [6, 6.07) is 3.37. The lowest BCUT2D eigenvalue weighted by molar-refractivity contribution is 0.236. The zero-order valence-electron chi connectivity index (χ0n) is 12.4. The summed E-state index contributed by atoms with van der Waals surface area (Å²) < 4.78 is 5.24. The van der Waals surface area contributed by atoms with Gasteiger partial charge in [0.2, 0.25) is 0 Å². The van der Waals surface area contributed by atoms with E-state index in [0.717, 1.165) is 30.7 Å². The Hall–Kier alpha value is -1.82. The van der Waals surface area contributed by atoms with Crippen LogP contribution in [0.3, 0.4) is 0 Å². The molecular weight excluding hydrogens is 286 g/mol.